The van der Waals surface area contributed by atoms with Gasteiger partial charge in [-0.25, -0.2) is 0 Å². The van der Waals surface area contributed by atoms with Gasteiger partial charge in [-0.05, 0) is 0 Å². The van der Waals surface area contributed by atoms with E-state index in [4.69, 9.17) is 80.7 Å². The summed E-state index contributed by atoms with van der Waals surface area (Å²) in [4.78, 5) is 2.00. The maximum atomic E-state index is 5.88. The summed E-state index contributed by atoms with van der Waals surface area (Å²) in [5.41, 5.74) is 11.0. The van der Waals surface area contributed by atoms with E-state index in [2.05, 4.69) is 0 Å². The summed E-state index contributed by atoms with van der Waals surface area (Å²) >= 11 is 35.3. The lowest BCUT2D eigenvalue weighted by molar-refractivity contribution is 0.544. The molecule has 1 aliphatic rings. The van der Waals surface area contributed by atoms with Gasteiger partial charge in [-0.1, -0.05) is 0 Å². The molecule has 0 aromatic carbocycles. The first-order chi connectivity index (χ1) is 6.88. The fourth-order valence-corrected chi connectivity index (χ4v) is 3.38. The molecule has 4 nitrogen and oxygen atoms in total. The molecule has 0 bridgehead atoms. The highest BCUT2D eigenvalue weighted by atomic mass is 35.5. The number of alkyl halides is 6. The molecule has 0 amide bonds. The van der Waals surface area contributed by atoms with E-state index in [-0.39, 0.29) is 6.15 Å². The van der Waals surface area contributed by atoms with Gasteiger partial charge < -0.3 is 6.15 Å². The third kappa shape index (κ3) is 4.71. The minimum Gasteiger partial charge on any atom is -0.344 e. The molecule has 0 aliphatic heterocycles. The lowest BCUT2D eigenvalue weighted by Crippen LogP contribution is -2.52. The van der Waals surface area contributed by atoms with Crippen LogP contribution in [-0.4, -0.2) is 32.3 Å². The molecular weight excluding hydrogens is 341 g/mol. The maximum Gasteiger partial charge on any atom is 0.211 e. The first kappa shape index (κ1) is 19.4. The molecule has 0 aromatic heterocycles. The average molecular weight is 352 g/mol. The molecule has 1 saturated carbocycles. The number of nitrogens with zero attached hydrogens (tertiary/aromatic N) is 1. The van der Waals surface area contributed by atoms with Crippen LogP contribution in [0.2, 0.25) is 0 Å². The largest absolute Gasteiger partial charge is 0.344 e. The molecule has 0 radical (unpaired) electrons. The Labute approximate surface area is 123 Å². The van der Waals surface area contributed by atoms with Crippen molar-refractivity contribution in [2.24, 2.45) is 0 Å². The van der Waals surface area contributed by atoms with Crippen molar-refractivity contribution in [3.05, 3.63) is 0 Å². The van der Waals surface area contributed by atoms with Crippen LogP contribution in [0.1, 0.15) is 0 Å². The molecular formula is C6H11Cl6N4+. The second-order valence-electron chi connectivity index (χ2n) is 2.78. The molecule has 1 rings (SSSR count). The Kier molecular flexibility index (Phi) is 10.9. The normalized spacial score (nSPS) is 42.1. The summed E-state index contributed by atoms with van der Waals surface area (Å²) in [6.45, 7) is 0. The Hall–Kier alpha value is 1.01. The number of hydrogen-bond donors (Lipinski definition) is 3. The van der Waals surface area contributed by atoms with E-state index in [1.54, 1.807) is 0 Å². The van der Waals surface area contributed by atoms with Crippen LogP contribution >= 0.6 is 69.6 Å². The fraction of sp³-hybridized carbons (Fsp3) is 1.00. The van der Waals surface area contributed by atoms with Crippen LogP contribution in [-0.2, 0) is 0 Å². The van der Waals surface area contributed by atoms with Gasteiger partial charge in [-0.3, -0.25) is 0 Å². The number of halogens is 6. The predicted octanol–water partition coefficient (Wildman–Crippen LogP) is 3.92. The SMILES string of the molecule is ClC1C(Cl)C(Cl)C(Cl)C(Cl)C1Cl.N.N=[N+]=N. The standard InChI is InChI=1S/C6H6Cl6.H2N3.H3N/c7-1-2(8)4(10)6(12)5(11)3(1)9;1-3-2;/h1-6H;1-2H;1H3/q;+1;. The van der Waals surface area contributed by atoms with Crippen LogP contribution in [0.25, 0.3) is 0 Å². The maximum absolute atomic E-state index is 5.88. The smallest absolute Gasteiger partial charge is 0.211 e. The molecule has 0 atom stereocenters. The summed E-state index contributed by atoms with van der Waals surface area (Å²) in [6, 6.07) is 0. The van der Waals surface area contributed by atoms with Crippen LogP contribution in [0.4, 0.5) is 0 Å². The predicted molar refractivity (Wildman–Crippen MR) is 70.4 cm³/mol. The fourth-order valence-electron chi connectivity index (χ4n) is 1.05. The molecule has 16 heavy (non-hydrogen) atoms. The molecule has 0 spiro atoms. The van der Waals surface area contributed by atoms with Gasteiger partial charge in [0.05, 0.1) is 32.3 Å². The number of rotatable bonds is 0. The van der Waals surface area contributed by atoms with Crippen molar-refractivity contribution in [1.29, 1.82) is 11.1 Å². The van der Waals surface area contributed by atoms with Crippen molar-refractivity contribution in [3.8, 4) is 0 Å². The van der Waals surface area contributed by atoms with E-state index in [9.17, 15) is 0 Å². The lowest BCUT2D eigenvalue weighted by atomic mass is 9.97. The summed E-state index contributed by atoms with van der Waals surface area (Å²) in [7, 11) is 0. The molecule has 1 fully saturated rings. The zero-order chi connectivity index (χ0) is 12.2. The summed E-state index contributed by atoms with van der Waals surface area (Å²) < 4.78 is 0. The van der Waals surface area contributed by atoms with Crippen LogP contribution in [0, 0.1) is 11.1 Å². The molecule has 0 heterocycles. The van der Waals surface area contributed by atoms with Gasteiger partial charge in [-0.2, -0.15) is 0 Å². The lowest BCUT2D eigenvalue weighted by Gasteiger charge is -2.37. The summed E-state index contributed by atoms with van der Waals surface area (Å²) in [6.07, 6.45) is 0. The van der Waals surface area contributed by atoms with E-state index in [0.717, 1.165) is 0 Å². The number of hydrogen-bond acceptors (Lipinski definition) is 3. The minimum atomic E-state index is -0.437. The quantitative estimate of drug-likeness (QED) is 0.344. The van der Waals surface area contributed by atoms with Gasteiger partial charge in [0.15, 0.2) is 0 Å². The first-order valence-electron chi connectivity index (χ1n) is 3.76. The van der Waals surface area contributed by atoms with Crippen molar-refractivity contribution in [2.45, 2.75) is 32.3 Å². The van der Waals surface area contributed by atoms with Crippen molar-refractivity contribution in [3.63, 3.8) is 0 Å². The van der Waals surface area contributed by atoms with E-state index in [1.807, 2.05) is 4.91 Å². The average Bonchev–Trinajstić information content (AvgIpc) is 2.22. The highest BCUT2D eigenvalue weighted by Gasteiger charge is 2.46. The Bertz CT molecular complexity index is 177. The third-order valence-electron chi connectivity index (χ3n) is 1.83. The van der Waals surface area contributed by atoms with Crippen molar-refractivity contribution < 1.29 is 0 Å². The molecule has 0 saturated heterocycles. The van der Waals surface area contributed by atoms with Crippen LogP contribution in [0.15, 0.2) is 0 Å². The first-order valence-corrected chi connectivity index (χ1v) is 6.38. The van der Waals surface area contributed by atoms with Gasteiger partial charge in [0, 0.05) is 0 Å². The zero-order valence-electron chi connectivity index (χ0n) is 7.89. The van der Waals surface area contributed by atoms with Crippen molar-refractivity contribution in [2.75, 3.05) is 0 Å². The van der Waals surface area contributed by atoms with E-state index < -0.39 is 32.3 Å². The van der Waals surface area contributed by atoms with Gasteiger partial charge >= 0.3 is 0 Å². The summed E-state index contributed by atoms with van der Waals surface area (Å²) in [5.74, 6) is 0. The van der Waals surface area contributed by atoms with Gasteiger partial charge in [0.1, 0.15) is 11.1 Å². The van der Waals surface area contributed by atoms with Gasteiger partial charge in [-0.15, -0.1) is 69.6 Å². The highest BCUT2D eigenvalue weighted by molar-refractivity contribution is 6.45. The summed E-state index contributed by atoms with van der Waals surface area (Å²) in [5, 5.41) is -2.62. The number of nitrogens with one attached hydrogen (secondary N) is 2. The van der Waals surface area contributed by atoms with Crippen LogP contribution in [0.5, 0.6) is 0 Å². The molecule has 0 aromatic rings. The molecule has 5 N–H and O–H groups in total. The second kappa shape index (κ2) is 9.01. The Morgan fingerprint density at radius 1 is 0.562 bits per heavy atom. The highest BCUT2D eigenvalue weighted by Crippen LogP contribution is 2.39. The molecule has 10 heteroatoms. The second-order valence-corrected chi connectivity index (χ2v) is 5.80. The molecule has 1 aliphatic carbocycles. The van der Waals surface area contributed by atoms with E-state index >= 15 is 0 Å². The van der Waals surface area contributed by atoms with Crippen LogP contribution < -0.4 is 11.1 Å². The van der Waals surface area contributed by atoms with Crippen LogP contribution in [0.3, 0.4) is 0 Å². The molecule has 96 valence electrons. The van der Waals surface area contributed by atoms with Gasteiger partial charge in [0.25, 0.3) is 0 Å². The Morgan fingerprint density at radius 2 is 0.625 bits per heavy atom. The Balaban J connectivity index is 0. The minimum absolute atomic E-state index is 0. The third-order valence-corrected chi connectivity index (χ3v) is 5.86. The molecule has 0 unspecified atom stereocenters. The van der Waals surface area contributed by atoms with Gasteiger partial charge in [0.2, 0.25) is 4.91 Å². The zero-order valence-corrected chi connectivity index (χ0v) is 12.4. The van der Waals surface area contributed by atoms with E-state index in [1.165, 1.54) is 0 Å². The Morgan fingerprint density at radius 3 is 0.688 bits per heavy atom. The van der Waals surface area contributed by atoms with Crippen molar-refractivity contribution >= 4 is 69.6 Å². The van der Waals surface area contributed by atoms with Crippen molar-refractivity contribution in [1.82, 2.24) is 11.1 Å². The monoisotopic (exact) mass is 349 g/mol. The van der Waals surface area contributed by atoms with E-state index in [0.29, 0.717) is 0 Å². The topological polar surface area (TPSA) is 96.8 Å².